The summed E-state index contributed by atoms with van der Waals surface area (Å²) in [6.45, 7) is 0. The Hall–Kier alpha value is -2.94. The molecule has 0 bridgehead atoms. The summed E-state index contributed by atoms with van der Waals surface area (Å²) in [5.41, 5.74) is -2.80. The first-order chi connectivity index (χ1) is 12.9. The number of likely N-dealkylation sites (N-methyl/N-ethyl adjacent to an activating group) is 1. The molecule has 0 saturated heterocycles. The Bertz CT molecular complexity index is 971. The van der Waals surface area contributed by atoms with Crippen LogP contribution in [-0.2, 0) is 15.2 Å². The van der Waals surface area contributed by atoms with Crippen LogP contribution in [0, 0.1) is 0 Å². The highest BCUT2D eigenvalue weighted by molar-refractivity contribution is 6.21. The topological polar surface area (TPSA) is 122 Å². The number of Topliss-reactive ketones (excluding diaryl/α,β-unsaturated/α-hetero) is 1. The van der Waals surface area contributed by atoms with Crippen molar-refractivity contribution >= 4 is 17.3 Å². The standard InChI is InChI=1S/C20H22N2O6/c1-21(2)11-5-7-13(15(23)9-11)17-18(25)19(26,20(17,27)28)14-8-6-12(22(3)4)10-16(14)24/h5-10,24,26-28H,1-4H3. The van der Waals surface area contributed by atoms with Crippen molar-refractivity contribution in [2.75, 3.05) is 33.1 Å². The molecule has 1 saturated carbocycles. The third-order valence-electron chi connectivity index (χ3n) is 5.05. The molecule has 0 spiro atoms. The lowest BCUT2D eigenvalue weighted by Gasteiger charge is -2.49. The zero-order valence-electron chi connectivity index (χ0n) is 16.0. The Morgan fingerprint density at radius 3 is 2.04 bits per heavy atom. The predicted octanol–water partition coefficient (Wildman–Crippen LogP) is -0.210. The summed E-state index contributed by atoms with van der Waals surface area (Å²) in [5.74, 6) is -5.16. The summed E-state index contributed by atoms with van der Waals surface area (Å²) in [5, 5.41) is 42.2. The normalized spacial score (nSPS) is 26.0. The van der Waals surface area contributed by atoms with Gasteiger partial charge in [0, 0.05) is 62.9 Å². The molecule has 8 heteroatoms. The molecule has 148 valence electrons. The van der Waals surface area contributed by atoms with Crippen molar-refractivity contribution in [3.63, 3.8) is 0 Å². The number of ketones is 2. The van der Waals surface area contributed by atoms with Gasteiger partial charge in [0.2, 0.25) is 17.2 Å². The van der Waals surface area contributed by atoms with Crippen LogP contribution in [0.25, 0.3) is 0 Å². The molecule has 1 aromatic rings. The van der Waals surface area contributed by atoms with E-state index in [2.05, 4.69) is 0 Å². The molecule has 1 unspecified atom stereocenters. The number of phenols is 1. The summed E-state index contributed by atoms with van der Waals surface area (Å²) in [4.78, 5) is 28.5. The second-order valence-corrected chi connectivity index (χ2v) is 7.26. The van der Waals surface area contributed by atoms with E-state index in [1.807, 2.05) is 0 Å². The molecule has 4 N–H and O–H groups in total. The third-order valence-corrected chi connectivity index (χ3v) is 5.05. The molecule has 2 aliphatic carbocycles. The highest BCUT2D eigenvalue weighted by Gasteiger charge is 2.71. The minimum atomic E-state index is -3.04. The fourth-order valence-electron chi connectivity index (χ4n) is 3.34. The van der Waals surface area contributed by atoms with Gasteiger partial charge in [-0.05, 0) is 24.3 Å². The van der Waals surface area contributed by atoms with Crippen LogP contribution in [-0.4, -0.2) is 70.9 Å². The van der Waals surface area contributed by atoms with Gasteiger partial charge in [-0.3, -0.25) is 9.59 Å². The van der Waals surface area contributed by atoms with Gasteiger partial charge in [0.15, 0.2) is 5.78 Å². The van der Waals surface area contributed by atoms with Gasteiger partial charge in [-0.2, -0.15) is 0 Å². The monoisotopic (exact) mass is 386 g/mol. The van der Waals surface area contributed by atoms with E-state index in [4.69, 9.17) is 0 Å². The van der Waals surface area contributed by atoms with Gasteiger partial charge < -0.3 is 30.2 Å². The summed E-state index contributed by atoms with van der Waals surface area (Å²) in [7, 11) is 6.94. The first-order valence-corrected chi connectivity index (χ1v) is 8.51. The molecule has 2 aliphatic rings. The molecule has 0 aliphatic heterocycles. The Kier molecular flexibility index (Phi) is 4.46. The minimum Gasteiger partial charge on any atom is -0.507 e. The number of allylic oxidation sites excluding steroid dienone is 4. The smallest absolute Gasteiger partial charge is 0.236 e. The molecule has 1 aromatic carbocycles. The van der Waals surface area contributed by atoms with E-state index in [9.17, 15) is 30.0 Å². The molecular weight excluding hydrogens is 364 g/mol. The zero-order chi connectivity index (χ0) is 21.0. The van der Waals surface area contributed by atoms with Crippen LogP contribution >= 0.6 is 0 Å². The number of nitrogens with zero attached hydrogens (tertiary/aromatic N) is 2. The van der Waals surface area contributed by atoms with E-state index in [-0.39, 0.29) is 11.1 Å². The lowest BCUT2D eigenvalue weighted by Crippen LogP contribution is -2.70. The number of phenolic OH excluding ortho intramolecular Hbond substituents is 1. The van der Waals surface area contributed by atoms with Crippen molar-refractivity contribution in [1.29, 1.82) is 0 Å². The van der Waals surface area contributed by atoms with Crippen LogP contribution in [0.1, 0.15) is 5.56 Å². The molecule has 28 heavy (non-hydrogen) atoms. The first kappa shape index (κ1) is 19.8. The number of carbonyl (C=O) groups excluding carboxylic acids is 2. The van der Waals surface area contributed by atoms with Crippen molar-refractivity contribution in [1.82, 2.24) is 4.90 Å². The summed E-state index contributed by atoms with van der Waals surface area (Å²) >= 11 is 0. The summed E-state index contributed by atoms with van der Waals surface area (Å²) < 4.78 is 0. The van der Waals surface area contributed by atoms with Gasteiger partial charge in [0.1, 0.15) is 5.75 Å². The quantitative estimate of drug-likeness (QED) is 0.416. The molecule has 8 nitrogen and oxygen atoms in total. The van der Waals surface area contributed by atoms with E-state index >= 15 is 0 Å². The number of anilines is 1. The second kappa shape index (κ2) is 6.30. The van der Waals surface area contributed by atoms with Crippen LogP contribution in [0.2, 0.25) is 0 Å². The van der Waals surface area contributed by atoms with Crippen LogP contribution in [0.4, 0.5) is 5.69 Å². The Balaban J connectivity index is 2.07. The van der Waals surface area contributed by atoms with Crippen molar-refractivity contribution in [3.8, 4) is 5.75 Å². The number of hydrogen-bond acceptors (Lipinski definition) is 8. The Morgan fingerprint density at radius 1 is 0.929 bits per heavy atom. The van der Waals surface area contributed by atoms with E-state index in [1.165, 1.54) is 30.4 Å². The number of carbonyl (C=O) groups is 2. The van der Waals surface area contributed by atoms with E-state index in [0.29, 0.717) is 11.4 Å². The average Bonchev–Trinajstić information content (AvgIpc) is 2.61. The van der Waals surface area contributed by atoms with Crippen LogP contribution < -0.4 is 4.90 Å². The van der Waals surface area contributed by atoms with Crippen LogP contribution in [0.5, 0.6) is 5.75 Å². The SMILES string of the molecule is CN(C)C1=CC(=O)C(=C2C(=O)C(O)(c3ccc(N(C)C)cc3O)C2(O)O)C=C1. The van der Waals surface area contributed by atoms with Gasteiger partial charge in [0.05, 0.1) is 5.57 Å². The largest absolute Gasteiger partial charge is 0.507 e. The molecule has 0 amide bonds. The maximum absolute atomic E-state index is 12.8. The number of rotatable bonds is 3. The van der Waals surface area contributed by atoms with Gasteiger partial charge in [-0.1, -0.05) is 0 Å². The fraction of sp³-hybridized carbons (Fsp3) is 0.300. The molecule has 0 radical (unpaired) electrons. The van der Waals surface area contributed by atoms with Crippen molar-refractivity contribution in [2.45, 2.75) is 11.4 Å². The highest BCUT2D eigenvalue weighted by atomic mass is 16.5. The Labute approximate surface area is 161 Å². The zero-order valence-corrected chi connectivity index (χ0v) is 16.0. The maximum Gasteiger partial charge on any atom is 0.236 e. The Morgan fingerprint density at radius 2 is 1.57 bits per heavy atom. The molecule has 1 fully saturated rings. The van der Waals surface area contributed by atoms with Gasteiger partial charge in [-0.25, -0.2) is 0 Å². The minimum absolute atomic E-state index is 0.213. The lowest BCUT2D eigenvalue weighted by atomic mass is 9.62. The van der Waals surface area contributed by atoms with Gasteiger partial charge >= 0.3 is 0 Å². The fourth-order valence-corrected chi connectivity index (χ4v) is 3.34. The third kappa shape index (κ3) is 2.57. The molecule has 3 rings (SSSR count). The highest BCUT2D eigenvalue weighted by Crippen LogP contribution is 2.53. The molecule has 1 atom stereocenters. The number of hydrogen-bond donors (Lipinski definition) is 4. The number of aromatic hydroxyl groups is 1. The maximum atomic E-state index is 12.8. The molecule has 0 heterocycles. The van der Waals surface area contributed by atoms with Gasteiger partial charge in [-0.15, -0.1) is 0 Å². The van der Waals surface area contributed by atoms with Crippen molar-refractivity contribution in [2.24, 2.45) is 0 Å². The van der Waals surface area contributed by atoms with Crippen LogP contribution in [0.3, 0.4) is 0 Å². The molecule has 0 aromatic heterocycles. The van der Waals surface area contributed by atoms with Crippen molar-refractivity contribution < 1.29 is 30.0 Å². The summed E-state index contributed by atoms with van der Waals surface area (Å²) in [6.07, 6.45) is 4.11. The lowest BCUT2D eigenvalue weighted by molar-refractivity contribution is -0.274. The van der Waals surface area contributed by atoms with Crippen molar-refractivity contribution in [3.05, 3.63) is 58.8 Å². The predicted molar refractivity (Wildman–Crippen MR) is 101 cm³/mol. The second-order valence-electron chi connectivity index (χ2n) is 7.26. The first-order valence-electron chi connectivity index (χ1n) is 8.51. The average molecular weight is 386 g/mol. The van der Waals surface area contributed by atoms with Crippen LogP contribution in [0.15, 0.2) is 53.3 Å². The van der Waals surface area contributed by atoms with Gasteiger partial charge in [0.25, 0.3) is 0 Å². The summed E-state index contributed by atoms with van der Waals surface area (Å²) in [6, 6.07) is 4.05. The molecular formula is C20H22N2O6. The number of aliphatic hydroxyl groups is 3. The van der Waals surface area contributed by atoms with E-state index in [1.54, 1.807) is 44.1 Å². The number of benzene rings is 1. The van der Waals surface area contributed by atoms with E-state index in [0.717, 1.165) is 0 Å². The van der Waals surface area contributed by atoms with E-state index < -0.39 is 34.3 Å².